The van der Waals surface area contributed by atoms with Gasteiger partial charge in [0, 0.05) is 42.9 Å². The Labute approximate surface area is 173 Å². The number of benzene rings is 1. The van der Waals surface area contributed by atoms with E-state index in [0.717, 1.165) is 0 Å². The average Bonchev–Trinajstić information content (AvgIpc) is 3.28. The van der Waals surface area contributed by atoms with Crippen molar-refractivity contribution in [1.82, 2.24) is 19.5 Å². The van der Waals surface area contributed by atoms with Crippen molar-refractivity contribution in [1.29, 1.82) is 0 Å². The molecule has 4 rings (SSSR count). The van der Waals surface area contributed by atoms with Crippen LogP contribution in [0.15, 0.2) is 42.7 Å². The minimum Gasteiger partial charge on any atom is -0.497 e. The zero-order valence-electron chi connectivity index (χ0n) is 16.9. The number of carbonyl (C=O) groups excluding carboxylic acids is 2. The zero-order valence-corrected chi connectivity index (χ0v) is 16.9. The van der Waals surface area contributed by atoms with E-state index in [2.05, 4.69) is 15.4 Å². The molecular weight excluding hydrogens is 386 g/mol. The van der Waals surface area contributed by atoms with Gasteiger partial charge in [-0.05, 0) is 31.0 Å². The van der Waals surface area contributed by atoms with Gasteiger partial charge in [0.05, 0.1) is 20.4 Å². The molecule has 0 bridgehead atoms. The lowest BCUT2D eigenvalue weighted by Gasteiger charge is -2.31. The summed E-state index contributed by atoms with van der Waals surface area (Å²) in [5, 5.41) is 7.11. The number of hydrogen-bond acceptors (Lipinski definition) is 6. The number of anilines is 1. The number of piperidine rings is 1. The number of rotatable bonds is 5. The van der Waals surface area contributed by atoms with Gasteiger partial charge in [0.2, 0.25) is 5.91 Å². The van der Waals surface area contributed by atoms with Crippen LogP contribution in [0.4, 0.5) is 5.82 Å². The third kappa shape index (κ3) is 3.91. The molecule has 2 amide bonds. The van der Waals surface area contributed by atoms with Crippen molar-refractivity contribution in [2.24, 2.45) is 5.92 Å². The zero-order chi connectivity index (χ0) is 21.1. The largest absolute Gasteiger partial charge is 0.497 e. The highest BCUT2D eigenvalue weighted by Crippen LogP contribution is 2.26. The van der Waals surface area contributed by atoms with E-state index in [4.69, 9.17) is 9.47 Å². The fourth-order valence-electron chi connectivity index (χ4n) is 3.62. The third-order valence-electron chi connectivity index (χ3n) is 5.29. The van der Waals surface area contributed by atoms with Gasteiger partial charge in [-0.15, -0.1) is 0 Å². The minimum atomic E-state index is -0.173. The number of carbonyl (C=O) groups is 2. The average molecular weight is 409 g/mol. The van der Waals surface area contributed by atoms with Gasteiger partial charge in [0.1, 0.15) is 17.3 Å². The number of nitrogens with one attached hydrogen (secondary N) is 1. The molecule has 0 saturated carbocycles. The highest BCUT2D eigenvalue weighted by atomic mass is 16.5. The molecule has 0 unspecified atom stereocenters. The summed E-state index contributed by atoms with van der Waals surface area (Å²) in [5.41, 5.74) is 1.17. The monoisotopic (exact) mass is 409 g/mol. The van der Waals surface area contributed by atoms with Crippen LogP contribution in [-0.2, 0) is 4.79 Å². The summed E-state index contributed by atoms with van der Waals surface area (Å²) >= 11 is 0. The first-order valence-electron chi connectivity index (χ1n) is 9.71. The molecule has 1 aliphatic heterocycles. The predicted molar refractivity (Wildman–Crippen MR) is 110 cm³/mol. The van der Waals surface area contributed by atoms with E-state index in [9.17, 15) is 9.59 Å². The van der Waals surface area contributed by atoms with Crippen LogP contribution in [0.1, 0.15) is 23.2 Å². The summed E-state index contributed by atoms with van der Waals surface area (Å²) in [5.74, 6) is 1.36. The molecule has 156 valence electrons. The number of ether oxygens (including phenoxy) is 2. The van der Waals surface area contributed by atoms with E-state index < -0.39 is 0 Å². The van der Waals surface area contributed by atoms with Gasteiger partial charge in [-0.2, -0.15) is 9.61 Å². The third-order valence-corrected chi connectivity index (χ3v) is 5.29. The maximum absolute atomic E-state index is 12.9. The van der Waals surface area contributed by atoms with Crippen LogP contribution in [0.25, 0.3) is 5.65 Å². The Bertz CT molecular complexity index is 1050. The minimum absolute atomic E-state index is 0.0758. The van der Waals surface area contributed by atoms with Gasteiger partial charge in [0.25, 0.3) is 5.91 Å². The highest BCUT2D eigenvalue weighted by Gasteiger charge is 2.28. The molecule has 0 atom stereocenters. The van der Waals surface area contributed by atoms with Crippen molar-refractivity contribution in [3.05, 3.63) is 48.3 Å². The van der Waals surface area contributed by atoms with E-state index >= 15 is 0 Å². The molecular formula is C21H23N5O4. The van der Waals surface area contributed by atoms with Crippen LogP contribution in [-0.4, -0.2) is 58.6 Å². The molecule has 2 aromatic heterocycles. The van der Waals surface area contributed by atoms with E-state index in [-0.39, 0.29) is 17.7 Å². The number of hydrogen-bond donors (Lipinski definition) is 1. The van der Waals surface area contributed by atoms with Crippen molar-refractivity contribution in [3.8, 4) is 11.5 Å². The molecule has 0 radical (unpaired) electrons. The summed E-state index contributed by atoms with van der Waals surface area (Å²) < 4.78 is 12.1. The molecule has 30 heavy (non-hydrogen) atoms. The van der Waals surface area contributed by atoms with Crippen LogP contribution in [0.2, 0.25) is 0 Å². The molecule has 3 aromatic rings. The Hall–Kier alpha value is -3.62. The Kier molecular flexibility index (Phi) is 5.51. The van der Waals surface area contributed by atoms with Crippen LogP contribution in [0, 0.1) is 5.92 Å². The molecule has 0 spiro atoms. The van der Waals surface area contributed by atoms with Crippen LogP contribution >= 0.6 is 0 Å². The molecule has 1 saturated heterocycles. The van der Waals surface area contributed by atoms with Gasteiger partial charge in [-0.3, -0.25) is 9.59 Å². The van der Waals surface area contributed by atoms with Gasteiger partial charge in [0.15, 0.2) is 5.65 Å². The summed E-state index contributed by atoms with van der Waals surface area (Å²) in [6.45, 7) is 1.01. The molecule has 1 aliphatic rings. The van der Waals surface area contributed by atoms with Crippen LogP contribution < -0.4 is 14.8 Å². The maximum Gasteiger partial charge on any atom is 0.254 e. The van der Waals surface area contributed by atoms with E-state index in [1.54, 1.807) is 66.4 Å². The first kappa shape index (κ1) is 19.7. The van der Waals surface area contributed by atoms with Crippen molar-refractivity contribution in [2.45, 2.75) is 12.8 Å². The highest BCUT2D eigenvalue weighted by molar-refractivity contribution is 5.96. The number of methoxy groups -OCH3 is 2. The Morgan fingerprint density at radius 3 is 2.40 bits per heavy atom. The van der Waals surface area contributed by atoms with Gasteiger partial charge >= 0.3 is 0 Å². The summed E-state index contributed by atoms with van der Waals surface area (Å²) in [6, 6.07) is 8.61. The van der Waals surface area contributed by atoms with Crippen molar-refractivity contribution in [2.75, 3.05) is 32.6 Å². The maximum atomic E-state index is 12.9. The predicted octanol–water partition coefficient (Wildman–Crippen LogP) is 2.24. The normalized spacial score (nSPS) is 14.5. The van der Waals surface area contributed by atoms with Crippen LogP contribution in [0.5, 0.6) is 11.5 Å². The van der Waals surface area contributed by atoms with Gasteiger partial charge in [-0.1, -0.05) is 0 Å². The fourth-order valence-corrected chi connectivity index (χ4v) is 3.62. The summed E-state index contributed by atoms with van der Waals surface area (Å²) in [7, 11) is 3.10. The first-order chi connectivity index (χ1) is 14.6. The number of aromatic nitrogens is 3. The molecule has 1 fully saturated rings. The van der Waals surface area contributed by atoms with Crippen molar-refractivity contribution in [3.63, 3.8) is 0 Å². The lowest BCUT2D eigenvalue weighted by atomic mass is 9.95. The van der Waals surface area contributed by atoms with Gasteiger partial charge in [-0.25, -0.2) is 4.98 Å². The SMILES string of the molecule is COc1cc(OC)cc(C(=O)N2CCC(C(=O)Nc3ccnc4ccnn34)CC2)c1. The second kappa shape index (κ2) is 8.40. The number of amides is 2. The van der Waals surface area contributed by atoms with E-state index in [1.165, 1.54) is 0 Å². The lowest BCUT2D eigenvalue weighted by molar-refractivity contribution is -0.121. The number of fused-ring (bicyclic) bond motifs is 1. The second-order valence-corrected chi connectivity index (χ2v) is 7.09. The standard InChI is InChI=1S/C21H23N5O4/c1-29-16-11-15(12-17(13-16)30-2)21(28)25-9-5-14(6-10-25)20(27)24-19-3-7-22-18-4-8-23-26(18)19/h3-4,7-8,11-14H,5-6,9-10H2,1-2H3,(H,24,27). The van der Waals surface area contributed by atoms with Crippen molar-refractivity contribution >= 4 is 23.3 Å². The fraction of sp³-hybridized carbons (Fsp3) is 0.333. The smallest absolute Gasteiger partial charge is 0.254 e. The molecule has 1 aromatic carbocycles. The molecule has 0 aliphatic carbocycles. The molecule has 1 N–H and O–H groups in total. The van der Waals surface area contributed by atoms with Gasteiger partial charge < -0.3 is 19.7 Å². The van der Waals surface area contributed by atoms with Crippen LogP contribution in [0.3, 0.4) is 0 Å². The summed E-state index contributed by atoms with van der Waals surface area (Å²) in [6.07, 6.45) is 4.45. The first-order valence-corrected chi connectivity index (χ1v) is 9.71. The number of likely N-dealkylation sites (tertiary alicyclic amines) is 1. The lowest BCUT2D eigenvalue weighted by Crippen LogP contribution is -2.41. The Morgan fingerprint density at radius 1 is 1.03 bits per heavy atom. The summed E-state index contributed by atoms with van der Waals surface area (Å²) in [4.78, 5) is 31.6. The van der Waals surface area contributed by atoms with E-state index in [1.807, 2.05) is 0 Å². The van der Waals surface area contributed by atoms with Crippen molar-refractivity contribution < 1.29 is 19.1 Å². The topological polar surface area (TPSA) is 98.1 Å². The molecule has 9 heteroatoms. The second-order valence-electron chi connectivity index (χ2n) is 7.09. The Morgan fingerprint density at radius 2 is 1.73 bits per heavy atom. The number of nitrogens with zero attached hydrogens (tertiary/aromatic N) is 4. The molecule has 3 heterocycles. The van der Waals surface area contributed by atoms with E-state index in [0.29, 0.717) is 54.5 Å². The quantitative estimate of drug-likeness (QED) is 0.694. The Balaban J connectivity index is 1.39. The molecule has 9 nitrogen and oxygen atoms in total.